The van der Waals surface area contributed by atoms with Crippen LogP contribution in [0.1, 0.15) is 50.2 Å². The topological polar surface area (TPSA) is 36.4 Å². The summed E-state index contributed by atoms with van der Waals surface area (Å²) in [6, 6.07) is 0.321. The molecule has 122 valence electrons. The van der Waals surface area contributed by atoms with Crippen LogP contribution < -0.4 is 0 Å². The van der Waals surface area contributed by atoms with Gasteiger partial charge in [0.2, 0.25) is 5.91 Å². The summed E-state index contributed by atoms with van der Waals surface area (Å²) in [7, 11) is 0. The van der Waals surface area contributed by atoms with Crippen molar-refractivity contribution in [3.8, 4) is 0 Å². The summed E-state index contributed by atoms with van der Waals surface area (Å²) in [5.74, 6) is 0.341. The number of likely N-dealkylation sites (tertiary alicyclic amines) is 2. The van der Waals surface area contributed by atoms with Crippen molar-refractivity contribution < 1.29 is 4.79 Å². The van der Waals surface area contributed by atoms with Gasteiger partial charge in [0.15, 0.2) is 0 Å². The predicted molar refractivity (Wildman–Crippen MR) is 89.9 cm³/mol. The van der Waals surface area contributed by atoms with E-state index < -0.39 is 0 Å². The third-order valence-electron chi connectivity index (χ3n) is 5.11. The van der Waals surface area contributed by atoms with Gasteiger partial charge in [0.25, 0.3) is 0 Å². The maximum Gasteiger partial charge on any atom is 0.222 e. The molecule has 2 saturated heterocycles. The number of hydrogen-bond donors (Lipinski definition) is 0. The second-order valence-electron chi connectivity index (χ2n) is 7.29. The number of aromatic nitrogens is 1. The average Bonchev–Trinajstić information content (AvgIpc) is 2.87. The van der Waals surface area contributed by atoms with Crippen molar-refractivity contribution in [2.24, 2.45) is 5.41 Å². The Labute approximate surface area is 137 Å². The van der Waals surface area contributed by atoms with Gasteiger partial charge >= 0.3 is 0 Å². The summed E-state index contributed by atoms with van der Waals surface area (Å²) in [5.41, 5.74) is 1.51. The van der Waals surface area contributed by atoms with Gasteiger partial charge in [-0.2, -0.15) is 0 Å². The van der Waals surface area contributed by atoms with Crippen LogP contribution in [0, 0.1) is 12.3 Å². The van der Waals surface area contributed by atoms with Crippen molar-refractivity contribution in [1.29, 1.82) is 0 Å². The molecule has 2 aliphatic rings. The second kappa shape index (κ2) is 6.28. The lowest BCUT2D eigenvalue weighted by Gasteiger charge is -2.49. The Morgan fingerprint density at radius 1 is 1.36 bits per heavy atom. The number of hydrogen-bond acceptors (Lipinski definition) is 4. The number of amides is 1. The Morgan fingerprint density at radius 2 is 2.18 bits per heavy atom. The van der Waals surface area contributed by atoms with Gasteiger partial charge in [-0.25, -0.2) is 4.98 Å². The first-order chi connectivity index (χ1) is 10.5. The van der Waals surface area contributed by atoms with Crippen LogP contribution in [0.2, 0.25) is 0 Å². The van der Waals surface area contributed by atoms with Crippen molar-refractivity contribution >= 4 is 17.2 Å². The molecule has 1 spiro atoms. The summed E-state index contributed by atoms with van der Waals surface area (Å²) in [4.78, 5) is 21.4. The number of rotatable bonds is 3. The van der Waals surface area contributed by atoms with E-state index in [1.807, 2.05) is 0 Å². The Balaban J connectivity index is 1.67. The Hall–Kier alpha value is -0.940. The van der Waals surface area contributed by atoms with E-state index >= 15 is 0 Å². The van der Waals surface area contributed by atoms with Gasteiger partial charge < -0.3 is 4.90 Å². The molecule has 0 aliphatic carbocycles. The second-order valence-corrected chi connectivity index (χ2v) is 8.35. The molecule has 1 unspecified atom stereocenters. The van der Waals surface area contributed by atoms with Gasteiger partial charge in [-0.05, 0) is 46.6 Å². The van der Waals surface area contributed by atoms with E-state index in [0.717, 1.165) is 44.0 Å². The fraction of sp³-hybridized carbons (Fsp3) is 0.765. The van der Waals surface area contributed by atoms with Crippen LogP contribution in [0.5, 0.6) is 0 Å². The van der Waals surface area contributed by atoms with Gasteiger partial charge in [-0.15, -0.1) is 11.3 Å². The molecule has 3 heterocycles. The van der Waals surface area contributed by atoms with Crippen molar-refractivity contribution in [3.63, 3.8) is 0 Å². The molecule has 0 aromatic carbocycles. The highest BCUT2D eigenvalue weighted by Crippen LogP contribution is 2.39. The highest BCUT2D eigenvalue weighted by atomic mass is 32.1. The van der Waals surface area contributed by atoms with E-state index in [1.165, 1.54) is 18.5 Å². The predicted octanol–water partition coefficient (Wildman–Crippen LogP) is 3.06. The number of piperidine rings is 2. The highest BCUT2D eigenvalue weighted by Gasteiger charge is 2.42. The summed E-state index contributed by atoms with van der Waals surface area (Å²) >= 11 is 1.73. The summed E-state index contributed by atoms with van der Waals surface area (Å²) in [6.07, 6.45) is 4.28. The molecule has 4 nitrogen and oxygen atoms in total. The molecule has 0 N–H and O–H groups in total. The van der Waals surface area contributed by atoms with Crippen LogP contribution in [0.3, 0.4) is 0 Å². The molecule has 1 amide bonds. The molecule has 3 rings (SSSR count). The SMILES string of the molecule is Cc1nc(CN2CCCC3(CCC(=O)N(C(C)C)C3)C2)cs1. The molecule has 1 aromatic heterocycles. The standard InChI is InChI=1S/C17H27N3OS/c1-13(2)20-12-17(7-5-16(20)21)6-4-8-19(11-17)9-15-10-22-14(3)18-15/h10,13H,4-9,11-12H2,1-3H3. The number of aryl methyl sites for hydroxylation is 1. The Morgan fingerprint density at radius 3 is 2.86 bits per heavy atom. The zero-order valence-corrected chi connectivity index (χ0v) is 14.8. The molecule has 5 heteroatoms. The summed E-state index contributed by atoms with van der Waals surface area (Å²) < 4.78 is 0. The monoisotopic (exact) mass is 321 g/mol. The van der Waals surface area contributed by atoms with Crippen molar-refractivity contribution in [1.82, 2.24) is 14.8 Å². The van der Waals surface area contributed by atoms with Crippen LogP contribution in [-0.4, -0.2) is 46.4 Å². The molecule has 0 radical (unpaired) electrons. The normalized spacial score (nSPS) is 27.1. The number of nitrogens with zero attached hydrogens (tertiary/aromatic N) is 3. The molecule has 1 atom stereocenters. The minimum absolute atomic E-state index is 0.307. The fourth-order valence-corrected chi connectivity index (χ4v) is 4.61. The van der Waals surface area contributed by atoms with Crippen LogP contribution in [0.15, 0.2) is 5.38 Å². The van der Waals surface area contributed by atoms with E-state index in [-0.39, 0.29) is 0 Å². The van der Waals surface area contributed by atoms with Crippen molar-refractivity contribution in [2.75, 3.05) is 19.6 Å². The van der Waals surface area contributed by atoms with Crippen molar-refractivity contribution in [2.45, 2.75) is 59.0 Å². The lowest BCUT2D eigenvalue weighted by Crippen LogP contribution is -2.55. The molecular weight excluding hydrogens is 294 g/mol. The molecule has 0 bridgehead atoms. The molecule has 1 aromatic rings. The van der Waals surface area contributed by atoms with Crippen LogP contribution in [-0.2, 0) is 11.3 Å². The summed E-state index contributed by atoms with van der Waals surface area (Å²) in [6.45, 7) is 10.5. The number of carbonyl (C=O) groups is 1. The van der Waals surface area contributed by atoms with Gasteiger partial charge in [0.05, 0.1) is 10.7 Å². The quantitative estimate of drug-likeness (QED) is 0.858. The number of carbonyl (C=O) groups excluding carboxylic acids is 1. The maximum atomic E-state index is 12.1. The first-order valence-electron chi connectivity index (χ1n) is 8.40. The average molecular weight is 321 g/mol. The molecule has 0 saturated carbocycles. The van der Waals surface area contributed by atoms with Crippen LogP contribution in [0.4, 0.5) is 0 Å². The minimum Gasteiger partial charge on any atom is -0.340 e. The van der Waals surface area contributed by atoms with E-state index in [4.69, 9.17) is 0 Å². The van der Waals surface area contributed by atoms with Crippen LogP contribution >= 0.6 is 11.3 Å². The lowest BCUT2D eigenvalue weighted by molar-refractivity contribution is -0.141. The van der Waals surface area contributed by atoms with Crippen LogP contribution in [0.25, 0.3) is 0 Å². The third-order valence-corrected chi connectivity index (χ3v) is 5.93. The van der Waals surface area contributed by atoms with E-state index in [1.54, 1.807) is 11.3 Å². The fourth-order valence-electron chi connectivity index (χ4n) is 4.00. The summed E-state index contributed by atoms with van der Waals surface area (Å²) in [5, 5.41) is 3.33. The minimum atomic E-state index is 0.307. The van der Waals surface area contributed by atoms with Gasteiger partial charge in [-0.1, -0.05) is 0 Å². The first kappa shape index (κ1) is 15.9. The van der Waals surface area contributed by atoms with Gasteiger partial charge in [-0.3, -0.25) is 9.69 Å². The van der Waals surface area contributed by atoms with E-state index in [9.17, 15) is 4.79 Å². The van der Waals surface area contributed by atoms with E-state index in [2.05, 4.69) is 40.9 Å². The third kappa shape index (κ3) is 3.35. The number of thiazole rings is 1. The molecular formula is C17H27N3OS. The van der Waals surface area contributed by atoms with E-state index in [0.29, 0.717) is 17.4 Å². The lowest BCUT2D eigenvalue weighted by atomic mass is 9.73. The zero-order valence-electron chi connectivity index (χ0n) is 14.0. The smallest absolute Gasteiger partial charge is 0.222 e. The Kier molecular flexibility index (Phi) is 4.55. The molecule has 2 fully saturated rings. The maximum absolute atomic E-state index is 12.1. The molecule has 2 aliphatic heterocycles. The largest absolute Gasteiger partial charge is 0.340 e. The first-order valence-corrected chi connectivity index (χ1v) is 9.28. The zero-order chi connectivity index (χ0) is 15.7. The highest BCUT2D eigenvalue weighted by molar-refractivity contribution is 7.09. The van der Waals surface area contributed by atoms with Crippen molar-refractivity contribution in [3.05, 3.63) is 16.1 Å². The van der Waals surface area contributed by atoms with Gasteiger partial charge in [0.1, 0.15) is 0 Å². The van der Waals surface area contributed by atoms with Gasteiger partial charge in [0, 0.05) is 42.9 Å². The Bertz CT molecular complexity index is 542. The molecule has 22 heavy (non-hydrogen) atoms.